The van der Waals surface area contributed by atoms with Gasteiger partial charge in [0.15, 0.2) is 5.96 Å². The third-order valence-electron chi connectivity index (χ3n) is 5.11. The van der Waals surface area contributed by atoms with Crippen molar-refractivity contribution in [2.24, 2.45) is 10.9 Å². The predicted octanol–water partition coefficient (Wildman–Crippen LogP) is 2.34. The van der Waals surface area contributed by atoms with Crippen molar-refractivity contribution in [3.8, 4) is 0 Å². The van der Waals surface area contributed by atoms with Crippen LogP contribution in [-0.2, 0) is 6.42 Å². The zero-order valence-corrected chi connectivity index (χ0v) is 16.5. The largest absolute Gasteiger partial charge is 0.354 e. The van der Waals surface area contributed by atoms with E-state index in [-0.39, 0.29) is 5.91 Å². The molecule has 148 valence electrons. The summed E-state index contributed by atoms with van der Waals surface area (Å²) in [5.74, 6) is 1.54. The molecule has 0 atom stereocenters. The quantitative estimate of drug-likeness (QED) is 0.459. The molecular formula is C22H29N5O. The van der Waals surface area contributed by atoms with Gasteiger partial charge in [0.1, 0.15) is 0 Å². The summed E-state index contributed by atoms with van der Waals surface area (Å²) in [6.07, 6.45) is 6.73. The number of likely N-dealkylation sites (tertiary alicyclic amines) is 1. The van der Waals surface area contributed by atoms with Crippen LogP contribution in [0.25, 0.3) is 0 Å². The minimum absolute atomic E-state index is 0.105. The van der Waals surface area contributed by atoms with Gasteiger partial charge in [0.2, 0.25) is 0 Å². The molecule has 1 saturated heterocycles. The standard InChI is InChI=1S/C22H29N5O/c1-23-22(26-13-12-25-21(28)20-8-5-11-24-17-20)27-14-9-19(10-15-27)16-18-6-3-2-4-7-18/h2-8,11,17,19H,9-10,12-16H2,1H3,(H,23,26)(H,25,28). The number of carbonyl (C=O) groups is 1. The molecule has 0 radical (unpaired) electrons. The fourth-order valence-electron chi connectivity index (χ4n) is 3.58. The van der Waals surface area contributed by atoms with Gasteiger partial charge in [-0.3, -0.25) is 14.8 Å². The van der Waals surface area contributed by atoms with Crippen molar-refractivity contribution in [1.29, 1.82) is 0 Å². The molecule has 0 bridgehead atoms. The summed E-state index contributed by atoms with van der Waals surface area (Å²) < 4.78 is 0. The number of aromatic nitrogens is 1. The van der Waals surface area contributed by atoms with Crippen LogP contribution in [0, 0.1) is 5.92 Å². The minimum Gasteiger partial charge on any atom is -0.354 e. The zero-order valence-electron chi connectivity index (χ0n) is 16.5. The van der Waals surface area contributed by atoms with Crippen LogP contribution in [0.4, 0.5) is 0 Å². The lowest BCUT2D eigenvalue weighted by Gasteiger charge is -2.34. The Balaban J connectivity index is 1.37. The first-order valence-electron chi connectivity index (χ1n) is 9.94. The van der Waals surface area contributed by atoms with E-state index in [0.29, 0.717) is 18.7 Å². The number of carbonyl (C=O) groups excluding carboxylic acids is 1. The molecule has 1 aromatic carbocycles. The molecule has 2 aromatic rings. The van der Waals surface area contributed by atoms with E-state index in [1.165, 1.54) is 18.4 Å². The summed E-state index contributed by atoms with van der Waals surface area (Å²) in [6, 6.07) is 14.2. The van der Waals surface area contributed by atoms with Gasteiger partial charge < -0.3 is 15.5 Å². The van der Waals surface area contributed by atoms with Gasteiger partial charge in [-0.25, -0.2) is 0 Å². The molecule has 3 rings (SSSR count). The number of piperidine rings is 1. The molecule has 0 aliphatic carbocycles. The number of rotatable bonds is 6. The van der Waals surface area contributed by atoms with Crippen LogP contribution in [0.15, 0.2) is 59.9 Å². The number of hydrogen-bond donors (Lipinski definition) is 2. The number of hydrogen-bond acceptors (Lipinski definition) is 3. The lowest BCUT2D eigenvalue weighted by Crippen LogP contribution is -2.47. The summed E-state index contributed by atoms with van der Waals surface area (Å²) in [7, 11) is 1.81. The van der Waals surface area contributed by atoms with Gasteiger partial charge in [0.25, 0.3) is 5.91 Å². The number of nitrogens with zero attached hydrogens (tertiary/aromatic N) is 3. The molecule has 0 unspecified atom stereocenters. The number of aliphatic imine (C=N–C) groups is 1. The highest BCUT2D eigenvalue weighted by Gasteiger charge is 2.21. The number of benzene rings is 1. The lowest BCUT2D eigenvalue weighted by atomic mass is 9.90. The molecular weight excluding hydrogens is 350 g/mol. The van der Waals surface area contributed by atoms with E-state index in [2.05, 4.69) is 55.8 Å². The highest BCUT2D eigenvalue weighted by atomic mass is 16.1. The molecule has 1 aromatic heterocycles. The molecule has 6 nitrogen and oxygen atoms in total. The summed E-state index contributed by atoms with van der Waals surface area (Å²) >= 11 is 0. The first-order chi connectivity index (χ1) is 13.8. The topological polar surface area (TPSA) is 69.6 Å². The Labute approximate surface area is 167 Å². The highest BCUT2D eigenvalue weighted by molar-refractivity contribution is 5.93. The molecule has 1 aliphatic rings. The Morgan fingerprint density at radius 2 is 1.86 bits per heavy atom. The van der Waals surface area contributed by atoms with E-state index in [1.807, 2.05) is 7.05 Å². The van der Waals surface area contributed by atoms with Crippen LogP contribution in [-0.4, -0.2) is 55.0 Å². The fourth-order valence-corrected chi connectivity index (χ4v) is 3.58. The van der Waals surface area contributed by atoms with Gasteiger partial charge in [-0.05, 0) is 42.9 Å². The molecule has 1 aliphatic heterocycles. The van der Waals surface area contributed by atoms with Crippen molar-refractivity contribution in [3.05, 3.63) is 66.0 Å². The predicted molar refractivity (Wildman–Crippen MR) is 112 cm³/mol. The number of amides is 1. The second kappa shape index (κ2) is 10.4. The molecule has 0 spiro atoms. The Morgan fingerprint density at radius 3 is 2.54 bits per heavy atom. The smallest absolute Gasteiger partial charge is 0.252 e. The van der Waals surface area contributed by atoms with Crippen LogP contribution < -0.4 is 10.6 Å². The van der Waals surface area contributed by atoms with Crippen molar-refractivity contribution in [2.45, 2.75) is 19.3 Å². The summed E-state index contributed by atoms with van der Waals surface area (Å²) in [6.45, 7) is 3.21. The number of guanidine groups is 1. The van der Waals surface area contributed by atoms with Gasteiger partial charge in [0.05, 0.1) is 5.56 Å². The van der Waals surface area contributed by atoms with E-state index in [1.54, 1.807) is 24.5 Å². The monoisotopic (exact) mass is 379 g/mol. The molecule has 2 heterocycles. The normalized spacial score (nSPS) is 15.3. The number of nitrogens with one attached hydrogen (secondary N) is 2. The van der Waals surface area contributed by atoms with Gasteiger partial charge >= 0.3 is 0 Å². The molecule has 28 heavy (non-hydrogen) atoms. The highest BCUT2D eigenvalue weighted by Crippen LogP contribution is 2.21. The van der Waals surface area contributed by atoms with Crippen LogP contribution in [0.3, 0.4) is 0 Å². The second-order valence-electron chi connectivity index (χ2n) is 7.09. The minimum atomic E-state index is -0.105. The third kappa shape index (κ3) is 5.81. The average Bonchev–Trinajstić information content (AvgIpc) is 2.76. The van der Waals surface area contributed by atoms with Crippen molar-refractivity contribution >= 4 is 11.9 Å². The third-order valence-corrected chi connectivity index (χ3v) is 5.11. The summed E-state index contributed by atoms with van der Waals surface area (Å²) in [5, 5.41) is 6.26. The zero-order chi connectivity index (χ0) is 19.6. The van der Waals surface area contributed by atoms with Gasteiger partial charge in [0, 0.05) is 45.6 Å². The molecule has 1 amide bonds. The van der Waals surface area contributed by atoms with Crippen molar-refractivity contribution in [2.75, 3.05) is 33.2 Å². The average molecular weight is 380 g/mol. The van der Waals surface area contributed by atoms with Crippen LogP contribution in [0.5, 0.6) is 0 Å². The van der Waals surface area contributed by atoms with Crippen LogP contribution in [0.2, 0.25) is 0 Å². The fraction of sp³-hybridized carbons (Fsp3) is 0.409. The van der Waals surface area contributed by atoms with Gasteiger partial charge in [-0.15, -0.1) is 0 Å². The Hall–Kier alpha value is -2.89. The van der Waals surface area contributed by atoms with Crippen molar-refractivity contribution in [3.63, 3.8) is 0 Å². The maximum absolute atomic E-state index is 12.0. The Kier molecular flexibility index (Phi) is 7.41. The Bertz CT molecular complexity index is 755. The molecule has 2 N–H and O–H groups in total. The molecule has 0 saturated carbocycles. The van der Waals surface area contributed by atoms with E-state index in [9.17, 15) is 4.79 Å². The van der Waals surface area contributed by atoms with Crippen LogP contribution >= 0.6 is 0 Å². The molecule has 6 heteroatoms. The van der Waals surface area contributed by atoms with Crippen molar-refractivity contribution < 1.29 is 4.79 Å². The first-order valence-corrected chi connectivity index (χ1v) is 9.94. The lowest BCUT2D eigenvalue weighted by molar-refractivity contribution is 0.0954. The second-order valence-corrected chi connectivity index (χ2v) is 7.09. The van der Waals surface area contributed by atoms with E-state index < -0.39 is 0 Å². The van der Waals surface area contributed by atoms with E-state index in [0.717, 1.165) is 31.4 Å². The van der Waals surface area contributed by atoms with E-state index >= 15 is 0 Å². The molecule has 1 fully saturated rings. The van der Waals surface area contributed by atoms with Crippen molar-refractivity contribution in [1.82, 2.24) is 20.5 Å². The first kappa shape index (κ1) is 19.9. The van der Waals surface area contributed by atoms with E-state index in [4.69, 9.17) is 0 Å². The Morgan fingerprint density at radius 1 is 1.11 bits per heavy atom. The van der Waals surface area contributed by atoms with Gasteiger partial charge in [-0.1, -0.05) is 30.3 Å². The van der Waals surface area contributed by atoms with Gasteiger partial charge in [-0.2, -0.15) is 0 Å². The maximum atomic E-state index is 12.0. The SMILES string of the molecule is CN=C(NCCNC(=O)c1cccnc1)N1CCC(Cc2ccccc2)CC1. The van der Waals surface area contributed by atoms with Crippen LogP contribution in [0.1, 0.15) is 28.8 Å². The summed E-state index contributed by atoms with van der Waals surface area (Å²) in [4.78, 5) is 22.7. The number of pyridine rings is 1. The maximum Gasteiger partial charge on any atom is 0.252 e. The summed E-state index contributed by atoms with van der Waals surface area (Å²) in [5.41, 5.74) is 2.00.